The summed E-state index contributed by atoms with van der Waals surface area (Å²) in [5, 5.41) is 16.8. The van der Waals surface area contributed by atoms with E-state index in [0.29, 0.717) is 0 Å². The fraction of sp³-hybridized carbons (Fsp3) is 0.625. The second-order valence-corrected chi connectivity index (χ2v) is 3.66. The van der Waals surface area contributed by atoms with Crippen LogP contribution in [0.4, 0.5) is 0 Å². The van der Waals surface area contributed by atoms with E-state index in [4.69, 9.17) is 10.4 Å². The SMILES string of the molecule is CC(C(=O)O)N(C)C(=O)CSCC#N. The van der Waals surface area contributed by atoms with E-state index in [9.17, 15) is 9.59 Å². The van der Waals surface area contributed by atoms with Crippen LogP contribution in [-0.2, 0) is 9.59 Å². The number of amides is 1. The maximum atomic E-state index is 11.3. The highest BCUT2D eigenvalue weighted by atomic mass is 32.2. The van der Waals surface area contributed by atoms with Crippen molar-refractivity contribution in [2.75, 3.05) is 18.6 Å². The number of thioether (sulfide) groups is 1. The zero-order valence-electron chi connectivity index (χ0n) is 8.06. The van der Waals surface area contributed by atoms with Gasteiger partial charge in [-0.25, -0.2) is 4.79 Å². The third-order valence-electron chi connectivity index (χ3n) is 1.72. The van der Waals surface area contributed by atoms with Gasteiger partial charge in [-0.2, -0.15) is 5.26 Å². The Morgan fingerprint density at radius 1 is 1.64 bits per heavy atom. The number of carboxylic acid groups (broad SMARTS) is 1. The molecule has 0 saturated carbocycles. The Labute approximate surface area is 86.7 Å². The molecule has 1 amide bonds. The van der Waals surface area contributed by atoms with Crippen molar-refractivity contribution in [3.8, 4) is 6.07 Å². The number of aliphatic carboxylic acids is 1. The van der Waals surface area contributed by atoms with E-state index < -0.39 is 12.0 Å². The van der Waals surface area contributed by atoms with Crippen molar-refractivity contribution >= 4 is 23.6 Å². The van der Waals surface area contributed by atoms with Crippen molar-refractivity contribution in [3.05, 3.63) is 0 Å². The summed E-state index contributed by atoms with van der Waals surface area (Å²) in [5.74, 6) is -0.936. The molecule has 1 N–H and O–H groups in total. The third-order valence-corrected chi connectivity index (χ3v) is 2.51. The van der Waals surface area contributed by atoms with Crippen LogP contribution < -0.4 is 0 Å². The van der Waals surface area contributed by atoms with Gasteiger partial charge in [-0.1, -0.05) is 0 Å². The molecule has 0 aliphatic heterocycles. The summed E-state index contributed by atoms with van der Waals surface area (Å²) in [6.45, 7) is 1.44. The Hall–Kier alpha value is -1.22. The molecule has 0 aromatic carbocycles. The minimum atomic E-state index is -1.04. The molecule has 0 saturated heterocycles. The monoisotopic (exact) mass is 216 g/mol. The van der Waals surface area contributed by atoms with E-state index in [0.717, 1.165) is 4.90 Å². The van der Waals surface area contributed by atoms with Crippen LogP contribution in [-0.4, -0.2) is 46.5 Å². The van der Waals surface area contributed by atoms with Crippen molar-refractivity contribution in [1.29, 1.82) is 5.26 Å². The summed E-state index contributed by atoms with van der Waals surface area (Å²) in [5.41, 5.74) is 0. The van der Waals surface area contributed by atoms with Gasteiger partial charge in [0.05, 0.1) is 17.6 Å². The maximum absolute atomic E-state index is 11.3. The molecule has 1 unspecified atom stereocenters. The highest BCUT2D eigenvalue weighted by Crippen LogP contribution is 2.03. The second-order valence-electron chi connectivity index (χ2n) is 2.67. The first-order valence-electron chi connectivity index (χ1n) is 3.93. The van der Waals surface area contributed by atoms with Gasteiger partial charge in [-0.3, -0.25) is 4.79 Å². The van der Waals surface area contributed by atoms with Gasteiger partial charge in [0.25, 0.3) is 0 Å². The Morgan fingerprint density at radius 3 is 2.64 bits per heavy atom. The largest absolute Gasteiger partial charge is 0.480 e. The van der Waals surface area contributed by atoms with Gasteiger partial charge in [0.15, 0.2) is 0 Å². The lowest BCUT2D eigenvalue weighted by atomic mass is 10.3. The van der Waals surface area contributed by atoms with Gasteiger partial charge in [0, 0.05) is 7.05 Å². The number of nitrogens with zero attached hydrogens (tertiary/aromatic N) is 2. The fourth-order valence-corrected chi connectivity index (χ4v) is 1.24. The summed E-state index contributed by atoms with van der Waals surface area (Å²) >= 11 is 1.17. The molecule has 14 heavy (non-hydrogen) atoms. The molecule has 0 radical (unpaired) electrons. The van der Waals surface area contributed by atoms with Crippen LogP contribution in [0.25, 0.3) is 0 Å². The smallest absolute Gasteiger partial charge is 0.326 e. The first-order chi connectivity index (χ1) is 6.50. The van der Waals surface area contributed by atoms with Gasteiger partial charge in [-0.05, 0) is 6.92 Å². The average Bonchev–Trinajstić information content (AvgIpc) is 2.15. The Morgan fingerprint density at radius 2 is 2.21 bits per heavy atom. The molecule has 0 heterocycles. The normalized spacial score (nSPS) is 11.5. The van der Waals surface area contributed by atoms with E-state index >= 15 is 0 Å². The fourth-order valence-electron chi connectivity index (χ4n) is 0.667. The third kappa shape index (κ3) is 4.14. The number of likely N-dealkylation sites (N-methyl/N-ethyl adjacent to an activating group) is 1. The molecule has 78 valence electrons. The average molecular weight is 216 g/mol. The van der Waals surface area contributed by atoms with Crippen LogP contribution in [0.15, 0.2) is 0 Å². The van der Waals surface area contributed by atoms with Crippen molar-refractivity contribution in [2.45, 2.75) is 13.0 Å². The van der Waals surface area contributed by atoms with Crippen molar-refractivity contribution in [2.24, 2.45) is 0 Å². The number of carboxylic acids is 1. The number of hydrogen-bond donors (Lipinski definition) is 1. The zero-order chi connectivity index (χ0) is 11.1. The van der Waals surface area contributed by atoms with Crippen LogP contribution in [0.3, 0.4) is 0 Å². The summed E-state index contributed by atoms with van der Waals surface area (Å²) in [7, 11) is 1.44. The van der Waals surface area contributed by atoms with E-state index in [1.807, 2.05) is 6.07 Å². The van der Waals surface area contributed by atoms with E-state index in [1.165, 1.54) is 25.7 Å². The number of carbonyl (C=O) groups is 2. The van der Waals surface area contributed by atoms with Crippen LogP contribution in [0.1, 0.15) is 6.92 Å². The van der Waals surface area contributed by atoms with E-state index in [-0.39, 0.29) is 17.4 Å². The molecular formula is C8H12N2O3S. The minimum absolute atomic E-state index is 0.141. The molecule has 6 heteroatoms. The molecule has 0 fully saturated rings. The predicted molar refractivity (Wildman–Crippen MR) is 52.8 cm³/mol. The molecule has 0 aromatic heterocycles. The molecule has 0 rings (SSSR count). The van der Waals surface area contributed by atoms with Crippen LogP contribution >= 0.6 is 11.8 Å². The minimum Gasteiger partial charge on any atom is -0.480 e. The quantitative estimate of drug-likeness (QED) is 0.663. The summed E-state index contributed by atoms with van der Waals surface area (Å²) in [4.78, 5) is 23.0. The molecule has 1 atom stereocenters. The highest BCUT2D eigenvalue weighted by molar-refractivity contribution is 8.00. The molecule has 0 spiro atoms. The van der Waals surface area contributed by atoms with Crippen LogP contribution in [0.5, 0.6) is 0 Å². The Kier molecular flexibility index (Phi) is 5.72. The van der Waals surface area contributed by atoms with Crippen LogP contribution in [0, 0.1) is 11.3 Å². The summed E-state index contributed by atoms with van der Waals surface area (Å²) in [6, 6.07) is 1.06. The summed E-state index contributed by atoms with van der Waals surface area (Å²) < 4.78 is 0. The Bertz CT molecular complexity index is 262. The summed E-state index contributed by atoms with van der Waals surface area (Å²) in [6.07, 6.45) is 0. The van der Waals surface area contributed by atoms with Gasteiger partial charge < -0.3 is 10.0 Å². The Balaban J connectivity index is 4.00. The lowest BCUT2D eigenvalue weighted by Gasteiger charge is -2.20. The van der Waals surface area contributed by atoms with Crippen molar-refractivity contribution in [1.82, 2.24) is 4.90 Å². The van der Waals surface area contributed by atoms with Gasteiger partial charge in [-0.15, -0.1) is 11.8 Å². The van der Waals surface area contributed by atoms with Gasteiger partial charge >= 0.3 is 5.97 Å². The lowest BCUT2D eigenvalue weighted by Crippen LogP contribution is -2.41. The molecule has 0 aliphatic rings. The lowest BCUT2D eigenvalue weighted by molar-refractivity contribution is -0.147. The van der Waals surface area contributed by atoms with Gasteiger partial charge in [0.1, 0.15) is 6.04 Å². The first kappa shape index (κ1) is 12.8. The van der Waals surface area contributed by atoms with Gasteiger partial charge in [0.2, 0.25) is 5.91 Å². The highest BCUT2D eigenvalue weighted by Gasteiger charge is 2.20. The standard InChI is InChI=1S/C8H12N2O3S/c1-6(8(12)13)10(2)7(11)5-14-4-3-9/h6H,4-5H2,1-2H3,(H,12,13). The van der Waals surface area contributed by atoms with E-state index in [2.05, 4.69) is 0 Å². The molecule has 0 aliphatic carbocycles. The number of hydrogen-bond acceptors (Lipinski definition) is 4. The molecule has 0 aromatic rings. The zero-order valence-corrected chi connectivity index (χ0v) is 8.87. The van der Waals surface area contributed by atoms with Crippen LogP contribution in [0.2, 0.25) is 0 Å². The molecule has 5 nitrogen and oxygen atoms in total. The number of rotatable bonds is 5. The molecule has 0 bridgehead atoms. The maximum Gasteiger partial charge on any atom is 0.326 e. The number of carbonyl (C=O) groups excluding carboxylic acids is 1. The second kappa shape index (κ2) is 6.27. The van der Waals surface area contributed by atoms with E-state index in [1.54, 1.807) is 0 Å². The topological polar surface area (TPSA) is 81.4 Å². The first-order valence-corrected chi connectivity index (χ1v) is 5.09. The number of nitriles is 1. The van der Waals surface area contributed by atoms with Crippen molar-refractivity contribution in [3.63, 3.8) is 0 Å². The molecular weight excluding hydrogens is 204 g/mol. The predicted octanol–water partition coefficient (Wildman–Crippen LogP) is 0.175. The van der Waals surface area contributed by atoms with Crippen molar-refractivity contribution < 1.29 is 14.7 Å².